The van der Waals surface area contributed by atoms with Crippen molar-refractivity contribution in [1.29, 1.82) is 0 Å². The van der Waals surface area contributed by atoms with Gasteiger partial charge in [0.25, 0.3) is 6.01 Å². The molecule has 0 aliphatic heterocycles. The van der Waals surface area contributed by atoms with Crippen LogP contribution >= 0.6 is 0 Å². The molecular weight excluding hydrogens is 329 g/mol. The predicted molar refractivity (Wildman–Crippen MR) is 89.2 cm³/mol. The minimum Gasteiger partial charge on any atom is -0.468 e. The van der Waals surface area contributed by atoms with Gasteiger partial charge in [-0.2, -0.15) is 15.0 Å². The van der Waals surface area contributed by atoms with Crippen LogP contribution in [0.3, 0.4) is 0 Å². The van der Waals surface area contributed by atoms with Crippen LogP contribution in [0.25, 0.3) is 11.2 Å². The molecule has 3 rings (SSSR count). The van der Waals surface area contributed by atoms with Crippen LogP contribution in [0.1, 0.15) is 5.56 Å². The second kappa shape index (κ2) is 7.31. The number of ether oxygens (including phenoxy) is 3. The van der Waals surface area contributed by atoms with Crippen molar-refractivity contribution < 1.29 is 18.6 Å². The van der Waals surface area contributed by atoms with E-state index in [1.54, 1.807) is 29.9 Å². The van der Waals surface area contributed by atoms with Gasteiger partial charge in [0.1, 0.15) is 12.4 Å². The molecular formula is C16H18FN5O3. The summed E-state index contributed by atoms with van der Waals surface area (Å²) >= 11 is 0. The molecule has 1 aromatic carbocycles. The molecule has 132 valence electrons. The summed E-state index contributed by atoms with van der Waals surface area (Å²) in [5.41, 5.74) is 7.20. The SMILES string of the molecule is COCCOc1nc(N)c2nc(OC)n(Cc3ccccc3F)c2n1. The van der Waals surface area contributed by atoms with E-state index in [2.05, 4.69) is 15.0 Å². The molecule has 0 spiro atoms. The van der Waals surface area contributed by atoms with Crippen molar-refractivity contribution in [3.8, 4) is 12.0 Å². The fraction of sp³-hybridized carbons (Fsp3) is 0.312. The van der Waals surface area contributed by atoms with Gasteiger partial charge in [0.05, 0.1) is 20.3 Å². The second-order valence-electron chi connectivity index (χ2n) is 5.18. The first kappa shape index (κ1) is 16.9. The number of rotatable bonds is 7. The molecule has 0 aliphatic carbocycles. The third-order valence-corrected chi connectivity index (χ3v) is 3.55. The highest BCUT2D eigenvalue weighted by atomic mass is 19.1. The van der Waals surface area contributed by atoms with Crippen molar-refractivity contribution in [3.05, 3.63) is 35.6 Å². The van der Waals surface area contributed by atoms with E-state index >= 15 is 0 Å². The van der Waals surface area contributed by atoms with E-state index in [4.69, 9.17) is 19.9 Å². The van der Waals surface area contributed by atoms with Crippen LogP contribution in [-0.4, -0.2) is 47.0 Å². The van der Waals surface area contributed by atoms with Gasteiger partial charge in [-0.05, 0) is 6.07 Å². The van der Waals surface area contributed by atoms with E-state index in [9.17, 15) is 4.39 Å². The van der Waals surface area contributed by atoms with E-state index in [1.165, 1.54) is 13.2 Å². The maximum atomic E-state index is 14.0. The highest BCUT2D eigenvalue weighted by Gasteiger charge is 2.19. The Hall–Kier alpha value is -2.94. The highest BCUT2D eigenvalue weighted by molar-refractivity contribution is 5.83. The molecule has 0 amide bonds. The average molecular weight is 347 g/mol. The van der Waals surface area contributed by atoms with Crippen molar-refractivity contribution >= 4 is 17.0 Å². The molecule has 3 aromatic rings. The second-order valence-corrected chi connectivity index (χ2v) is 5.18. The van der Waals surface area contributed by atoms with E-state index in [0.717, 1.165) is 0 Å². The summed E-state index contributed by atoms with van der Waals surface area (Å²) in [6.45, 7) is 0.847. The van der Waals surface area contributed by atoms with Gasteiger partial charge in [-0.25, -0.2) is 4.39 Å². The Balaban J connectivity index is 2.04. The molecule has 0 bridgehead atoms. The molecule has 0 unspecified atom stereocenters. The Morgan fingerprint density at radius 3 is 2.64 bits per heavy atom. The molecule has 0 fully saturated rings. The van der Waals surface area contributed by atoms with Crippen molar-refractivity contribution in [2.75, 3.05) is 33.2 Å². The van der Waals surface area contributed by atoms with Crippen LogP contribution < -0.4 is 15.2 Å². The number of halogens is 1. The van der Waals surface area contributed by atoms with E-state index in [-0.39, 0.29) is 36.8 Å². The zero-order chi connectivity index (χ0) is 17.8. The van der Waals surface area contributed by atoms with Gasteiger partial charge in [0, 0.05) is 12.7 Å². The number of fused-ring (bicyclic) bond motifs is 1. The Morgan fingerprint density at radius 1 is 1.12 bits per heavy atom. The van der Waals surface area contributed by atoms with Crippen LogP contribution in [0.4, 0.5) is 10.2 Å². The van der Waals surface area contributed by atoms with E-state index in [1.807, 2.05) is 0 Å². The first-order valence-electron chi connectivity index (χ1n) is 7.57. The molecule has 0 saturated carbocycles. The number of imidazole rings is 1. The van der Waals surface area contributed by atoms with Crippen molar-refractivity contribution in [2.24, 2.45) is 0 Å². The number of methoxy groups -OCH3 is 2. The number of anilines is 1. The van der Waals surface area contributed by atoms with Crippen LogP contribution in [0, 0.1) is 5.82 Å². The topological polar surface area (TPSA) is 97.3 Å². The van der Waals surface area contributed by atoms with Gasteiger partial charge >= 0.3 is 6.01 Å². The smallest absolute Gasteiger partial charge is 0.320 e. The lowest BCUT2D eigenvalue weighted by molar-refractivity contribution is 0.141. The summed E-state index contributed by atoms with van der Waals surface area (Å²) in [5, 5.41) is 0. The number of aromatic nitrogens is 4. The van der Waals surface area contributed by atoms with Crippen molar-refractivity contribution in [2.45, 2.75) is 6.54 Å². The summed E-state index contributed by atoms with van der Waals surface area (Å²) < 4.78 is 31.3. The Bertz CT molecular complexity index is 884. The summed E-state index contributed by atoms with van der Waals surface area (Å²) in [6, 6.07) is 6.81. The highest BCUT2D eigenvalue weighted by Crippen LogP contribution is 2.26. The van der Waals surface area contributed by atoms with Crippen LogP contribution in [-0.2, 0) is 11.3 Å². The fourth-order valence-corrected chi connectivity index (χ4v) is 2.36. The van der Waals surface area contributed by atoms with Crippen LogP contribution in [0.15, 0.2) is 24.3 Å². The van der Waals surface area contributed by atoms with Gasteiger partial charge in [-0.1, -0.05) is 18.2 Å². The van der Waals surface area contributed by atoms with Gasteiger partial charge in [-0.3, -0.25) is 4.57 Å². The quantitative estimate of drug-likeness (QED) is 0.649. The van der Waals surface area contributed by atoms with Crippen LogP contribution in [0.5, 0.6) is 12.0 Å². The standard InChI is InChI=1S/C16H18FN5O3/c1-23-7-8-25-15-20-13(18)12-14(21-15)22(16(19-12)24-2)9-10-5-3-4-6-11(10)17/h3-6H,7-9H2,1-2H3,(H2,18,20,21). The Kier molecular flexibility index (Phi) is 4.94. The molecule has 0 radical (unpaired) electrons. The molecule has 2 N–H and O–H groups in total. The Labute approximate surface area is 143 Å². The maximum absolute atomic E-state index is 14.0. The number of nitrogens with two attached hydrogens (primary N) is 1. The zero-order valence-corrected chi connectivity index (χ0v) is 13.9. The molecule has 25 heavy (non-hydrogen) atoms. The lowest BCUT2D eigenvalue weighted by atomic mass is 10.2. The molecule has 9 heteroatoms. The summed E-state index contributed by atoms with van der Waals surface area (Å²) in [5.74, 6) is -0.173. The van der Waals surface area contributed by atoms with Crippen LogP contribution in [0.2, 0.25) is 0 Å². The van der Waals surface area contributed by atoms with E-state index in [0.29, 0.717) is 23.3 Å². The third kappa shape index (κ3) is 3.45. The van der Waals surface area contributed by atoms with Crippen molar-refractivity contribution in [3.63, 3.8) is 0 Å². The summed E-state index contributed by atoms with van der Waals surface area (Å²) in [7, 11) is 3.04. The minimum absolute atomic E-state index is 0.0967. The first-order valence-corrected chi connectivity index (χ1v) is 7.57. The molecule has 8 nitrogen and oxygen atoms in total. The lowest BCUT2D eigenvalue weighted by Crippen LogP contribution is -2.09. The first-order chi connectivity index (χ1) is 12.1. The van der Waals surface area contributed by atoms with Gasteiger partial charge in [0.2, 0.25) is 0 Å². The monoisotopic (exact) mass is 347 g/mol. The maximum Gasteiger partial charge on any atom is 0.320 e. The third-order valence-electron chi connectivity index (χ3n) is 3.55. The minimum atomic E-state index is -0.329. The number of hydrogen-bond acceptors (Lipinski definition) is 7. The molecule has 2 heterocycles. The number of hydrogen-bond donors (Lipinski definition) is 1. The number of nitrogen functional groups attached to an aromatic ring is 1. The van der Waals surface area contributed by atoms with Gasteiger partial charge < -0.3 is 19.9 Å². The largest absolute Gasteiger partial charge is 0.468 e. The zero-order valence-electron chi connectivity index (χ0n) is 13.9. The fourth-order valence-electron chi connectivity index (χ4n) is 2.36. The Morgan fingerprint density at radius 2 is 1.92 bits per heavy atom. The molecule has 0 aliphatic rings. The van der Waals surface area contributed by atoms with Gasteiger partial charge in [-0.15, -0.1) is 0 Å². The normalized spacial score (nSPS) is 11.0. The number of nitrogens with zero attached hydrogens (tertiary/aromatic N) is 4. The molecule has 2 aromatic heterocycles. The average Bonchev–Trinajstić information content (AvgIpc) is 2.96. The van der Waals surface area contributed by atoms with Crippen molar-refractivity contribution in [1.82, 2.24) is 19.5 Å². The predicted octanol–water partition coefficient (Wildman–Crippen LogP) is 1.63. The number of benzene rings is 1. The van der Waals surface area contributed by atoms with E-state index < -0.39 is 0 Å². The molecule has 0 atom stereocenters. The molecule has 0 saturated heterocycles. The summed E-state index contributed by atoms with van der Waals surface area (Å²) in [6.07, 6.45) is 0. The summed E-state index contributed by atoms with van der Waals surface area (Å²) in [4.78, 5) is 12.7. The van der Waals surface area contributed by atoms with Gasteiger partial charge in [0.15, 0.2) is 17.0 Å². The lowest BCUT2D eigenvalue weighted by Gasteiger charge is -2.09.